The monoisotopic (exact) mass is 443 g/mol. The predicted octanol–water partition coefficient (Wildman–Crippen LogP) is 4.07. The largest absolute Gasteiger partial charge is 0.631 e. The molecule has 0 unspecified atom stereocenters. The highest BCUT2D eigenvalue weighted by atomic mass is 32.2. The van der Waals surface area contributed by atoms with E-state index in [2.05, 4.69) is 6.58 Å². The molecule has 1 aromatic carbocycles. The Morgan fingerprint density at radius 3 is 2.10 bits per heavy atom. The zero-order valence-electron chi connectivity index (χ0n) is 18.2. The third-order valence-electron chi connectivity index (χ3n) is 5.50. The van der Waals surface area contributed by atoms with Crippen LogP contribution in [0.1, 0.15) is 52.5 Å². The second-order valence-electron chi connectivity index (χ2n) is 8.54. The molecule has 1 heterocycles. The van der Waals surface area contributed by atoms with Crippen molar-refractivity contribution in [1.82, 2.24) is 4.31 Å². The molecule has 0 atom stereocenters. The van der Waals surface area contributed by atoms with Gasteiger partial charge in [-0.2, -0.15) is 4.31 Å². The van der Waals surface area contributed by atoms with Gasteiger partial charge in [0.05, 0.1) is 4.90 Å². The number of aryl methyl sites for hydroxylation is 1. The van der Waals surface area contributed by atoms with Gasteiger partial charge in [0.15, 0.2) is 0 Å². The zero-order valence-corrected chi connectivity index (χ0v) is 19.9. The normalized spacial score (nSPS) is 20.1. The van der Waals surface area contributed by atoms with Gasteiger partial charge in [0.1, 0.15) is 17.4 Å². The second-order valence-corrected chi connectivity index (χ2v) is 12.5. The van der Waals surface area contributed by atoms with Gasteiger partial charge in [-0.25, -0.2) is 17.5 Å². The highest BCUT2D eigenvalue weighted by Gasteiger charge is 2.59. The van der Waals surface area contributed by atoms with E-state index in [-0.39, 0.29) is 17.6 Å². The molecule has 0 aromatic heterocycles. The second kappa shape index (κ2) is 9.13. The van der Waals surface area contributed by atoms with Crippen molar-refractivity contribution in [3.8, 4) is 0 Å². The van der Waals surface area contributed by atoms with Crippen LogP contribution in [0, 0.1) is 6.92 Å². The molecule has 0 saturated carbocycles. The molecule has 1 aliphatic rings. The standard InChI is InChI=1S/C21H34NO5PS/c1-7-8-9-15-22(29(24,25)19-13-11-18(2)12-14-19)16-10-17-28(23)26-20(3,4)21(5,6)27-28/h7,11-14H,1,8-10,15-17H2,2-6H3. The Morgan fingerprint density at radius 1 is 1.07 bits per heavy atom. The van der Waals surface area contributed by atoms with E-state index in [0.717, 1.165) is 12.0 Å². The maximum absolute atomic E-state index is 13.1. The SMILES string of the molecule is C=CCCCN(CCC[P+]1([O-])OC(C)(C)C(C)(C)O1)S(=O)(=O)c1ccc(C)cc1. The average Bonchev–Trinajstić information content (AvgIpc) is 2.76. The number of rotatable bonds is 10. The van der Waals surface area contributed by atoms with E-state index in [1.165, 1.54) is 4.31 Å². The highest BCUT2D eigenvalue weighted by molar-refractivity contribution is 7.89. The zero-order chi connectivity index (χ0) is 21.9. The van der Waals surface area contributed by atoms with Crippen molar-refractivity contribution in [2.75, 3.05) is 19.3 Å². The molecule has 0 N–H and O–H groups in total. The van der Waals surface area contributed by atoms with Gasteiger partial charge in [-0.3, -0.25) is 0 Å². The van der Waals surface area contributed by atoms with Crippen LogP contribution in [0.5, 0.6) is 0 Å². The molecule has 1 aromatic rings. The molecule has 8 heteroatoms. The minimum atomic E-state index is -3.63. The van der Waals surface area contributed by atoms with E-state index in [9.17, 15) is 13.3 Å². The van der Waals surface area contributed by atoms with E-state index in [1.807, 2.05) is 34.6 Å². The molecule has 0 spiro atoms. The van der Waals surface area contributed by atoms with Gasteiger partial charge >= 0.3 is 0 Å². The first kappa shape index (κ1) is 24.4. The third kappa shape index (κ3) is 5.87. The van der Waals surface area contributed by atoms with E-state index < -0.39 is 29.2 Å². The summed E-state index contributed by atoms with van der Waals surface area (Å²) in [6.07, 6.45) is 3.76. The maximum atomic E-state index is 13.1. The van der Waals surface area contributed by atoms with Crippen molar-refractivity contribution in [2.24, 2.45) is 0 Å². The summed E-state index contributed by atoms with van der Waals surface area (Å²) in [7, 11) is -6.90. The summed E-state index contributed by atoms with van der Waals surface area (Å²) in [5.41, 5.74) is -0.332. The molecule has 1 aliphatic heterocycles. The van der Waals surface area contributed by atoms with Crippen molar-refractivity contribution < 1.29 is 22.4 Å². The fourth-order valence-electron chi connectivity index (χ4n) is 3.09. The van der Waals surface area contributed by atoms with Gasteiger partial charge < -0.3 is 4.89 Å². The topological polar surface area (TPSA) is 78.9 Å². The molecule has 29 heavy (non-hydrogen) atoms. The number of unbranched alkanes of at least 4 members (excludes halogenated alkanes) is 1. The van der Waals surface area contributed by atoms with Crippen LogP contribution >= 0.6 is 7.94 Å². The Bertz CT molecular complexity index is 789. The summed E-state index contributed by atoms with van der Waals surface area (Å²) in [5, 5.41) is 0. The van der Waals surface area contributed by atoms with Crippen molar-refractivity contribution in [3.05, 3.63) is 42.5 Å². The lowest BCUT2D eigenvalue weighted by molar-refractivity contribution is -0.212. The van der Waals surface area contributed by atoms with Gasteiger partial charge in [-0.15, -0.1) is 6.58 Å². The summed E-state index contributed by atoms with van der Waals surface area (Å²) in [4.78, 5) is 13.3. The lowest BCUT2D eigenvalue weighted by Crippen LogP contribution is -2.41. The van der Waals surface area contributed by atoms with Crippen LogP contribution in [-0.4, -0.2) is 43.2 Å². The van der Waals surface area contributed by atoms with Gasteiger partial charge in [-0.1, -0.05) is 23.8 Å². The summed E-state index contributed by atoms with van der Waals surface area (Å²) in [6.45, 7) is 13.7. The van der Waals surface area contributed by atoms with Gasteiger partial charge in [-0.05, 0) is 66.0 Å². The van der Waals surface area contributed by atoms with Crippen molar-refractivity contribution in [2.45, 2.75) is 70.0 Å². The molecule has 1 saturated heterocycles. The smallest absolute Gasteiger partial charge is 0.243 e. The van der Waals surface area contributed by atoms with Gasteiger partial charge in [0, 0.05) is 13.1 Å². The molecular weight excluding hydrogens is 409 g/mol. The van der Waals surface area contributed by atoms with Crippen LogP contribution < -0.4 is 4.89 Å². The fraction of sp³-hybridized carbons (Fsp3) is 0.619. The Labute approximate surface area is 176 Å². The average molecular weight is 444 g/mol. The van der Waals surface area contributed by atoms with E-state index in [4.69, 9.17) is 9.05 Å². The van der Waals surface area contributed by atoms with Gasteiger partial charge in [0.25, 0.3) is 0 Å². The van der Waals surface area contributed by atoms with Crippen LogP contribution in [0.25, 0.3) is 0 Å². The highest BCUT2D eigenvalue weighted by Crippen LogP contribution is 2.66. The predicted molar refractivity (Wildman–Crippen MR) is 116 cm³/mol. The quantitative estimate of drug-likeness (QED) is 0.309. The van der Waals surface area contributed by atoms with Crippen LogP contribution in [0.3, 0.4) is 0 Å². The first-order valence-corrected chi connectivity index (χ1v) is 13.2. The number of hydrogen-bond donors (Lipinski definition) is 0. The minimum Gasteiger partial charge on any atom is -0.631 e. The third-order valence-corrected chi connectivity index (χ3v) is 9.74. The summed E-state index contributed by atoms with van der Waals surface area (Å²) in [6, 6.07) is 6.83. The van der Waals surface area contributed by atoms with E-state index in [0.29, 0.717) is 19.4 Å². The number of benzene rings is 1. The maximum Gasteiger partial charge on any atom is 0.243 e. The molecule has 0 radical (unpaired) electrons. The van der Waals surface area contributed by atoms with Crippen LogP contribution in [-0.2, 0) is 19.1 Å². The first-order valence-electron chi connectivity index (χ1n) is 10.0. The molecule has 0 amide bonds. The fourth-order valence-corrected chi connectivity index (χ4v) is 7.19. The van der Waals surface area contributed by atoms with E-state index >= 15 is 0 Å². The Morgan fingerprint density at radius 2 is 1.59 bits per heavy atom. The van der Waals surface area contributed by atoms with Crippen LogP contribution in [0.2, 0.25) is 0 Å². The molecular formula is C21H34NO5PS. The van der Waals surface area contributed by atoms with Crippen molar-refractivity contribution in [1.29, 1.82) is 0 Å². The molecule has 164 valence electrons. The number of allylic oxidation sites excluding steroid dienone is 1. The van der Waals surface area contributed by atoms with Crippen molar-refractivity contribution >= 4 is 18.0 Å². The molecule has 2 rings (SSSR count). The molecule has 0 aliphatic carbocycles. The lowest BCUT2D eigenvalue weighted by Gasteiger charge is -2.25. The van der Waals surface area contributed by atoms with Crippen LogP contribution in [0.4, 0.5) is 0 Å². The first-order chi connectivity index (χ1) is 13.3. The van der Waals surface area contributed by atoms with Crippen molar-refractivity contribution in [3.63, 3.8) is 0 Å². The molecule has 0 bridgehead atoms. The number of sulfonamides is 1. The molecule has 1 fully saturated rings. The Balaban J connectivity index is 2.09. The Hall–Kier alpha value is -0.820. The van der Waals surface area contributed by atoms with Gasteiger partial charge in [0.2, 0.25) is 18.0 Å². The molecule has 6 nitrogen and oxygen atoms in total. The Kier molecular flexibility index (Phi) is 7.69. The summed E-state index contributed by atoms with van der Waals surface area (Å²) < 4.78 is 39.2. The minimum absolute atomic E-state index is 0.182. The summed E-state index contributed by atoms with van der Waals surface area (Å²) in [5.74, 6) is 0. The van der Waals surface area contributed by atoms with E-state index in [1.54, 1.807) is 30.3 Å². The summed E-state index contributed by atoms with van der Waals surface area (Å²) >= 11 is 0. The number of nitrogens with zero attached hydrogens (tertiary/aromatic N) is 1. The lowest BCUT2D eigenvalue weighted by atomic mass is 9.90. The number of hydrogen-bond acceptors (Lipinski definition) is 5. The van der Waals surface area contributed by atoms with Crippen LogP contribution in [0.15, 0.2) is 41.8 Å².